The minimum atomic E-state index is -0.0215. The maximum atomic E-state index is 12.6. The van der Waals surface area contributed by atoms with E-state index in [0.717, 1.165) is 34.6 Å². The highest BCUT2D eigenvalue weighted by atomic mass is 16.1. The summed E-state index contributed by atoms with van der Waals surface area (Å²) in [5.74, 6) is 0.607. The number of benzene rings is 1. The number of amides is 1. The van der Waals surface area contributed by atoms with Gasteiger partial charge in [0, 0.05) is 23.4 Å². The Labute approximate surface area is 160 Å². The average molecular weight is 364 g/mol. The first kappa shape index (κ1) is 19.1. The van der Waals surface area contributed by atoms with E-state index in [2.05, 4.69) is 31.2 Å². The van der Waals surface area contributed by atoms with Crippen LogP contribution in [0.25, 0.3) is 5.65 Å². The normalized spacial score (nSPS) is 11.7. The van der Waals surface area contributed by atoms with Crippen LogP contribution in [0.3, 0.4) is 0 Å². The van der Waals surface area contributed by atoms with E-state index in [1.807, 2.05) is 54.8 Å². The molecule has 0 saturated carbocycles. The van der Waals surface area contributed by atoms with Gasteiger partial charge in [-0.05, 0) is 43.7 Å². The molecule has 1 N–H and O–H groups in total. The van der Waals surface area contributed by atoms with Gasteiger partial charge in [0.1, 0.15) is 0 Å². The van der Waals surface area contributed by atoms with Crippen LogP contribution in [0.4, 0.5) is 5.82 Å². The lowest BCUT2D eigenvalue weighted by Crippen LogP contribution is -2.16. The number of rotatable bonds is 5. The van der Waals surface area contributed by atoms with Crippen LogP contribution in [0.5, 0.6) is 0 Å². The van der Waals surface area contributed by atoms with Gasteiger partial charge in [0.05, 0.1) is 0 Å². The summed E-state index contributed by atoms with van der Waals surface area (Å²) in [5, 5.41) is 7.68. The molecule has 0 aliphatic carbocycles. The summed E-state index contributed by atoms with van der Waals surface area (Å²) in [7, 11) is 0. The molecule has 3 rings (SSSR count). The van der Waals surface area contributed by atoms with E-state index in [1.54, 1.807) is 0 Å². The van der Waals surface area contributed by atoms with Crippen LogP contribution < -0.4 is 5.32 Å². The van der Waals surface area contributed by atoms with Gasteiger partial charge in [-0.15, -0.1) is 5.10 Å². The van der Waals surface area contributed by atoms with Gasteiger partial charge in [-0.3, -0.25) is 4.79 Å². The van der Waals surface area contributed by atoms with Gasteiger partial charge in [0.25, 0.3) is 0 Å². The predicted octanol–water partition coefficient (Wildman–Crippen LogP) is 4.51. The van der Waals surface area contributed by atoms with E-state index in [1.165, 1.54) is 0 Å². The summed E-state index contributed by atoms with van der Waals surface area (Å²) in [6, 6.07) is 12.1. The molecule has 0 spiro atoms. The lowest BCUT2D eigenvalue weighted by Gasteiger charge is -2.18. The maximum Gasteiger partial charge on any atom is 0.225 e. The number of aryl methyl sites for hydroxylation is 3. The first-order chi connectivity index (χ1) is 12.7. The second kappa shape index (κ2) is 7.51. The molecule has 27 heavy (non-hydrogen) atoms. The average Bonchev–Trinajstić information content (AvgIpc) is 2.90. The van der Waals surface area contributed by atoms with Crippen molar-refractivity contribution in [1.82, 2.24) is 14.6 Å². The van der Waals surface area contributed by atoms with Crippen molar-refractivity contribution < 1.29 is 4.79 Å². The molecule has 1 amide bonds. The summed E-state index contributed by atoms with van der Waals surface area (Å²) >= 11 is 0. The van der Waals surface area contributed by atoms with Gasteiger partial charge in [-0.25, -0.2) is 9.50 Å². The van der Waals surface area contributed by atoms with Crippen molar-refractivity contribution in [2.24, 2.45) is 5.41 Å². The molecular weight excluding hydrogens is 336 g/mol. The van der Waals surface area contributed by atoms with Crippen molar-refractivity contribution in [1.29, 1.82) is 0 Å². The fraction of sp³-hybridized carbons (Fsp3) is 0.409. The zero-order valence-corrected chi connectivity index (χ0v) is 16.8. The standard InChI is InChI=1S/C22H28N4O/c1-15-13-16(2)26-21(23-15)18(14-22(3,4)5)20(25-26)24-19(27)12-11-17-9-7-6-8-10-17/h6-10,13H,11-12,14H2,1-5H3,(H,24,25,27). The summed E-state index contributed by atoms with van der Waals surface area (Å²) in [5.41, 5.74) is 5.02. The number of anilines is 1. The van der Waals surface area contributed by atoms with E-state index in [4.69, 9.17) is 4.98 Å². The molecule has 0 aliphatic heterocycles. The summed E-state index contributed by atoms with van der Waals surface area (Å²) < 4.78 is 1.83. The van der Waals surface area contributed by atoms with Crippen LogP contribution in [0.1, 0.15) is 49.7 Å². The minimum Gasteiger partial charge on any atom is -0.309 e. The molecule has 0 atom stereocenters. The van der Waals surface area contributed by atoms with Gasteiger partial charge in [0.2, 0.25) is 5.91 Å². The topological polar surface area (TPSA) is 59.3 Å². The number of carbonyl (C=O) groups excluding carboxylic acids is 1. The second-order valence-corrected chi connectivity index (χ2v) is 8.37. The van der Waals surface area contributed by atoms with Gasteiger partial charge in [-0.2, -0.15) is 0 Å². The Morgan fingerprint density at radius 2 is 1.85 bits per heavy atom. The Hall–Kier alpha value is -2.69. The molecule has 0 saturated heterocycles. The number of hydrogen-bond donors (Lipinski definition) is 1. The molecule has 1 aromatic carbocycles. The fourth-order valence-corrected chi connectivity index (χ4v) is 3.26. The zero-order valence-electron chi connectivity index (χ0n) is 16.8. The largest absolute Gasteiger partial charge is 0.309 e. The van der Waals surface area contributed by atoms with Crippen LogP contribution >= 0.6 is 0 Å². The van der Waals surface area contributed by atoms with E-state index in [0.29, 0.717) is 18.7 Å². The first-order valence-corrected chi connectivity index (χ1v) is 9.42. The molecular formula is C22H28N4O. The lowest BCUT2D eigenvalue weighted by atomic mass is 9.88. The van der Waals surface area contributed by atoms with Crippen LogP contribution in [-0.4, -0.2) is 20.5 Å². The summed E-state index contributed by atoms with van der Waals surface area (Å²) in [6.45, 7) is 10.5. The van der Waals surface area contributed by atoms with Crippen molar-refractivity contribution in [3.63, 3.8) is 0 Å². The highest BCUT2D eigenvalue weighted by molar-refractivity contribution is 5.91. The quantitative estimate of drug-likeness (QED) is 0.725. The van der Waals surface area contributed by atoms with Crippen molar-refractivity contribution in [3.8, 4) is 0 Å². The third-order valence-corrected chi connectivity index (χ3v) is 4.44. The summed E-state index contributed by atoms with van der Waals surface area (Å²) in [6.07, 6.45) is 1.93. The molecule has 142 valence electrons. The molecule has 5 nitrogen and oxygen atoms in total. The second-order valence-electron chi connectivity index (χ2n) is 8.37. The SMILES string of the molecule is Cc1cc(C)n2nc(NC(=O)CCc3ccccc3)c(CC(C)(C)C)c2n1. The molecule has 5 heteroatoms. The van der Waals surface area contributed by atoms with Crippen LogP contribution in [0.2, 0.25) is 0 Å². The number of hydrogen-bond acceptors (Lipinski definition) is 3. The number of nitrogens with zero attached hydrogens (tertiary/aromatic N) is 3. The number of aromatic nitrogens is 3. The Bertz CT molecular complexity index is 952. The zero-order chi connectivity index (χ0) is 19.6. The Morgan fingerprint density at radius 1 is 1.15 bits per heavy atom. The van der Waals surface area contributed by atoms with Gasteiger partial charge < -0.3 is 5.32 Å². The maximum absolute atomic E-state index is 12.6. The van der Waals surface area contributed by atoms with Gasteiger partial charge in [-0.1, -0.05) is 51.1 Å². The molecule has 2 heterocycles. The third-order valence-electron chi connectivity index (χ3n) is 4.44. The monoisotopic (exact) mass is 364 g/mol. The van der Waals surface area contributed by atoms with Crippen LogP contribution in [0, 0.1) is 19.3 Å². The molecule has 0 aliphatic rings. The third kappa shape index (κ3) is 4.73. The lowest BCUT2D eigenvalue weighted by molar-refractivity contribution is -0.116. The molecule has 0 unspecified atom stereocenters. The van der Waals surface area contributed by atoms with Crippen molar-refractivity contribution in [3.05, 3.63) is 58.9 Å². The van der Waals surface area contributed by atoms with E-state index >= 15 is 0 Å². The predicted molar refractivity (Wildman–Crippen MR) is 109 cm³/mol. The first-order valence-electron chi connectivity index (χ1n) is 9.42. The van der Waals surface area contributed by atoms with Crippen LogP contribution in [-0.2, 0) is 17.6 Å². The smallest absolute Gasteiger partial charge is 0.225 e. The summed E-state index contributed by atoms with van der Waals surface area (Å²) in [4.78, 5) is 17.2. The highest BCUT2D eigenvalue weighted by Crippen LogP contribution is 2.29. The van der Waals surface area contributed by atoms with Gasteiger partial charge >= 0.3 is 0 Å². The van der Waals surface area contributed by atoms with E-state index in [-0.39, 0.29) is 11.3 Å². The molecule has 2 aromatic heterocycles. The molecule has 0 fully saturated rings. The van der Waals surface area contributed by atoms with E-state index < -0.39 is 0 Å². The highest BCUT2D eigenvalue weighted by Gasteiger charge is 2.22. The van der Waals surface area contributed by atoms with Crippen molar-refractivity contribution in [2.75, 3.05) is 5.32 Å². The number of carbonyl (C=O) groups is 1. The molecule has 0 radical (unpaired) electrons. The number of nitrogens with one attached hydrogen (secondary N) is 1. The molecule has 3 aromatic rings. The Kier molecular flexibility index (Phi) is 5.31. The van der Waals surface area contributed by atoms with Crippen LogP contribution in [0.15, 0.2) is 36.4 Å². The fourth-order valence-electron chi connectivity index (χ4n) is 3.26. The van der Waals surface area contributed by atoms with Crippen molar-refractivity contribution in [2.45, 2.75) is 53.9 Å². The minimum absolute atomic E-state index is 0.0215. The van der Waals surface area contributed by atoms with E-state index in [9.17, 15) is 4.79 Å². The Balaban J connectivity index is 1.87. The Morgan fingerprint density at radius 3 is 2.52 bits per heavy atom. The van der Waals surface area contributed by atoms with Gasteiger partial charge in [0.15, 0.2) is 11.5 Å². The number of fused-ring (bicyclic) bond motifs is 1. The van der Waals surface area contributed by atoms with Crippen molar-refractivity contribution >= 4 is 17.4 Å². The molecule has 0 bridgehead atoms.